The van der Waals surface area contributed by atoms with Gasteiger partial charge in [-0.15, -0.1) is 0 Å². The Bertz CT molecular complexity index is 338. The monoisotopic (exact) mass is 233 g/mol. The predicted octanol–water partition coefficient (Wildman–Crippen LogP) is 3.65. The van der Waals surface area contributed by atoms with E-state index in [1.165, 1.54) is 17.7 Å². The molecule has 0 aromatic heterocycles. The van der Waals surface area contributed by atoms with E-state index >= 15 is 0 Å². The van der Waals surface area contributed by atoms with Crippen LogP contribution in [0, 0.1) is 5.92 Å². The average molecular weight is 233 g/mol. The van der Waals surface area contributed by atoms with Gasteiger partial charge in [0.15, 0.2) is 0 Å². The summed E-state index contributed by atoms with van der Waals surface area (Å²) in [6.07, 6.45) is 1.18. The molecule has 0 radical (unpaired) electrons. The minimum Gasteiger partial charge on any atom is -0.382 e. The number of ether oxygens (including phenoxy) is 1. The SMILES string of the molecule is CC(C)c1ccc(NC(C)C2CCOC2)cc1. The molecule has 2 atom stereocenters. The Hall–Kier alpha value is -1.02. The maximum Gasteiger partial charge on any atom is 0.0514 e. The molecule has 1 aromatic rings. The van der Waals surface area contributed by atoms with Gasteiger partial charge in [0.1, 0.15) is 0 Å². The second-order valence-corrected chi connectivity index (χ2v) is 5.33. The van der Waals surface area contributed by atoms with E-state index < -0.39 is 0 Å². The third-order valence-corrected chi connectivity index (χ3v) is 3.64. The molecule has 0 amide bonds. The van der Waals surface area contributed by atoms with Gasteiger partial charge in [-0.25, -0.2) is 0 Å². The summed E-state index contributed by atoms with van der Waals surface area (Å²) in [5, 5.41) is 3.57. The third-order valence-electron chi connectivity index (χ3n) is 3.64. The van der Waals surface area contributed by atoms with Crippen LogP contribution in [-0.4, -0.2) is 19.3 Å². The zero-order valence-corrected chi connectivity index (χ0v) is 11.1. The Morgan fingerprint density at radius 2 is 1.88 bits per heavy atom. The molecule has 2 unspecified atom stereocenters. The summed E-state index contributed by atoms with van der Waals surface area (Å²) in [4.78, 5) is 0. The first-order valence-electron chi connectivity index (χ1n) is 6.61. The van der Waals surface area contributed by atoms with Gasteiger partial charge in [-0.2, -0.15) is 0 Å². The topological polar surface area (TPSA) is 21.3 Å². The van der Waals surface area contributed by atoms with Crippen LogP contribution in [0.3, 0.4) is 0 Å². The molecule has 0 saturated carbocycles. The van der Waals surface area contributed by atoms with Crippen LogP contribution in [0.4, 0.5) is 5.69 Å². The molecule has 0 spiro atoms. The van der Waals surface area contributed by atoms with Gasteiger partial charge in [0.2, 0.25) is 0 Å². The Morgan fingerprint density at radius 3 is 2.41 bits per heavy atom. The normalized spacial score (nSPS) is 21.8. The van der Waals surface area contributed by atoms with E-state index in [0.717, 1.165) is 13.2 Å². The summed E-state index contributed by atoms with van der Waals surface area (Å²) in [5.74, 6) is 1.25. The van der Waals surface area contributed by atoms with Crippen molar-refractivity contribution in [2.24, 2.45) is 5.92 Å². The Balaban J connectivity index is 1.93. The van der Waals surface area contributed by atoms with E-state index in [1.807, 2.05) is 0 Å². The van der Waals surface area contributed by atoms with Gasteiger partial charge in [0.25, 0.3) is 0 Å². The van der Waals surface area contributed by atoms with Crippen LogP contribution < -0.4 is 5.32 Å². The first kappa shape index (κ1) is 12.4. The highest BCUT2D eigenvalue weighted by molar-refractivity contribution is 5.46. The summed E-state index contributed by atoms with van der Waals surface area (Å²) >= 11 is 0. The molecule has 1 aliphatic rings. The third kappa shape index (κ3) is 3.22. The fourth-order valence-corrected chi connectivity index (χ4v) is 2.29. The Labute approximate surface area is 104 Å². The average Bonchev–Trinajstić information content (AvgIpc) is 2.83. The largest absolute Gasteiger partial charge is 0.382 e. The van der Waals surface area contributed by atoms with Crippen LogP contribution in [0.15, 0.2) is 24.3 Å². The first-order valence-corrected chi connectivity index (χ1v) is 6.61. The molecule has 1 N–H and O–H groups in total. The lowest BCUT2D eigenvalue weighted by Gasteiger charge is -2.20. The molecule has 1 aliphatic heterocycles. The van der Waals surface area contributed by atoms with Crippen molar-refractivity contribution in [3.05, 3.63) is 29.8 Å². The lowest BCUT2D eigenvalue weighted by atomic mass is 9.99. The molecule has 1 fully saturated rings. The molecular formula is C15H23NO. The maximum absolute atomic E-state index is 5.43. The number of hydrogen-bond acceptors (Lipinski definition) is 2. The second-order valence-electron chi connectivity index (χ2n) is 5.33. The van der Waals surface area contributed by atoms with Gasteiger partial charge in [0, 0.05) is 24.3 Å². The molecular weight excluding hydrogens is 210 g/mol. The van der Waals surface area contributed by atoms with Crippen molar-refractivity contribution in [3.63, 3.8) is 0 Å². The molecule has 2 heteroatoms. The quantitative estimate of drug-likeness (QED) is 0.857. The predicted molar refractivity (Wildman–Crippen MR) is 72.5 cm³/mol. The van der Waals surface area contributed by atoms with Crippen LogP contribution in [0.1, 0.15) is 38.7 Å². The Kier molecular flexibility index (Phi) is 4.06. The highest BCUT2D eigenvalue weighted by Gasteiger charge is 2.21. The first-order chi connectivity index (χ1) is 8.16. The van der Waals surface area contributed by atoms with Crippen LogP contribution in [0.5, 0.6) is 0 Å². The van der Waals surface area contributed by atoms with Crippen LogP contribution >= 0.6 is 0 Å². The maximum atomic E-state index is 5.43. The smallest absolute Gasteiger partial charge is 0.0514 e. The molecule has 17 heavy (non-hydrogen) atoms. The molecule has 2 nitrogen and oxygen atoms in total. The van der Waals surface area contributed by atoms with Crippen molar-refractivity contribution in [3.8, 4) is 0 Å². The number of nitrogens with one attached hydrogen (secondary N) is 1. The van der Waals surface area contributed by atoms with Crippen molar-refractivity contribution in [1.29, 1.82) is 0 Å². The van der Waals surface area contributed by atoms with Crippen molar-refractivity contribution in [1.82, 2.24) is 0 Å². The summed E-state index contributed by atoms with van der Waals surface area (Å²) in [6, 6.07) is 9.28. The van der Waals surface area contributed by atoms with Crippen molar-refractivity contribution in [2.45, 2.75) is 39.2 Å². The summed E-state index contributed by atoms with van der Waals surface area (Å²) in [5.41, 5.74) is 2.61. The van der Waals surface area contributed by atoms with Crippen LogP contribution in [-0.2, 0) is 4.74 Å². The van der Waals surface area contributed by atoms with Crippen LogP contribution in [0.25, 0.3) is 0 Å². The van der Waals surface area contributed by atoms with E-state index in [9.17, 15) is 0 Å². The standard InChI is InChI=1S/C15H23NO/c1-11(2)13-4-6-15(7-5-13)16-12(3)14-8-9-17-10-14/h4-7,11-12,14,16H,8-10H2,1-3H3. The van der Waals surface area contributed by atoms with Gasteiger partial charge in [0.05, 0.1) is 6.61 Å². The van der Waals surface area contributed by atoms with E-state index in [0.29, 0.717) is 17.9 Å². The fraction of sp³-hybridized carbons (Fsp3) is 0.600. The molecule has 2 rings (SSSR count). The fourth-order valence-electron chi connectivity index (χ4n) is 2.29. The minimum absolute atomic E-state index is 0.488. The van der Waals surface area contributed by atoms with Crippen molar-refractivity contribution < 1.29 is 4.74 Å². The Morgan fingerprint density at radius 1 is 1.18 bits per heavy atom. The molecule has 0 bridgehead atoms. The van der Waals surface area contributed by atoms with Crippen molar-refractivity contribution >= 4 is 5.69 Å². The second kappa shape index (κ2) is 5.54. The molecule has 1 aromatic carbocycles. The minimum atomic E-state index is 0.488. The van der Waals surface area contributed by atoms with Gasteiger partial charge >= 0.3 is 0 Å². The van der Waals surface area contributed by atoms with E-state index in [4.69, 9.17) is 4.74 Å². The number of anilines is 1. The van der Waals surface area contributed by atoms with E-state index in [-0.39, 0.29) is 0 Å². The highest BCUT2D eigenvalue weighted by Crippen LogP contribution is 2.22. The van der Waals surface area contributed by atoms with E-state index in [2.05, 4.69) is 50.4 Å². The lowest BCUT2D eigenvalue weighted by molar-refractivity contribution is 0.183. The number of hydrogen-bond donors (Lipinski definition) is 1. The summed E-state index contributed by atoms with van der Waals surface area (Å²) < 4.78 is 5.43. The van der Waals surface area contributed by atoms with Gasteiger partial charge in [-0.05, 0) is 37.0 Å². The highest BCUT2D eigenvalue weighted by atomic mass is 16.5. The number of rotatable bonds is 4. The van der Waals surface area contributed by atoms with Gasteiger partial charge in [-0.3, -0.25) is 0 Å². The van der Waals surface area contributed by atoms with E-state index in [1.54, 1.807) is 0 Å². The van der Waals surface area contributed by atoms with Gasteiger partial charge < -0.3 is 10.1 Å². The summed E-state index contributed by atoms with van der Waals surface area (Å²) in [7, 11) is 0. The molecule has 94 valence electrons. The van der Waals surface area contributed by atoms with Crippen molar-refractivity contribution in [2.75, 3.05) is 18.5 Å². The van der Waals surface area contributed by atoms with Gasteiger partial charge in [-0.1, -0.05) is 26.0 Å². The molecule has 0 aliphatic carbocycles. The molecule has 1 heterocycles. The lowest BCUT2D eigenvalue weighted by Crippen LogP contribution is -2.26. The zero-order valence-electron chi connectivity index (χ0n) is 11.1. The van der Waals surface area contributed by atoms with Crippen LogP contribution in [0.2, 0.25) is 0 Å². The number of benzene rings is 1. The summed E-state index contributed by atoms with van der Waals surface area (Å²) in [6.45, 7) is 8.51. The zero-order chi connectivity index (χ0) is 12.3. The molecule has 1 saturated heterocycles.